The van der Waals surface area contributed by atoms with Gasteiger partial charge in [0.1, 0.15) is 0 Å². The molecule has 1 atom stereocenters. The molecule has 0 bridgehead atoms. The first-order valence-electron chi connectivity index (χ1n) is 8.40. The van der Waals surface area contributed by atoms with Crippen LogP contribution in [0.25, 0.3) is 0 Å². The van der Waals surface area contributed by atoms with Crippen LogP contribution in [0, 0.1) is 12.3 Å². The van der Waals surface area contributed by atoms with Gasteiger partial charge in [-0.3, -0.25) is 9.59 Å². The molecule has 2 N–H and O–H groups in total. The van der Waals surface area contributed by atoms with Gasteiger partial charge in [0.15, 0.2) is 0 Å². The minimum atomic E-state index is -0.615. The Balaban J connectivity index is 2.46. The standard InChI is InChI=1S/C19H29BrN2O2/c1-13(2)22-17(23)16(20)12-19(4,5)18(24)21-11-10-15-8-6-14(3)7-9-15/h6-9,13,16H,10-12H2,1-5H3,(H,21,24)(H,22,23). The van der Waals surface area contributed by atoms with Crippen molar-refractivity contribution >= 4 is 27.7 Å². The van der Waals surface area contributed by atoms with E-state index in [1.807, 2.05) is 27.7 Å². The van der Waals surface area contributed by atoms with E-state index in [0.717, 1.165) is 6.42 Å². The first-order chi connectivity index (χ1) is 11.1. The van der Waals surface area contributed by atoms with Gasteiger partial charge in [0, 0.05) is 18.0 Å². The van der Waals surface area contributed by atoms with Crippen LogP contribution in [-0.2, 0) is 16.0 Å². The van der Waals surface area contributed by atoms with E-state index in [4.69, 9.17) is 0 Å². The highest BCUT2D eigenvalue weighted by molar-refractivity contribution is 9.10. The van der Waals surface area contributed by atoms with Crippen LogP contribution in [0.4, 0.5) is 0 Å². The minimum Gasteiger partial charge on any atom is -0.355 e. The maximum absolute atomic E-state index is 12.4. The van der Waals surface area contributed by atoms with Crippen molar-refractivity contribution in [2.24, 2.45) is 5.41 Å². The zero-order chi connectivity index (χ0) is 18.3. The number of hydrogen-bond donors (Lipinski definition) is 2. The van der Waals surface area contributed by atoms with Crippen LogP contribution in [0.15, 0.2) is 24.3 Å². The fourth-order valence-electron chi connectivity index (χ4n) is 2.32. The van der Waals surface area contributed by atoms with Crippen molar-refractivity contribution in [2.75, 3.05) is 6.54 Å². The third-order valence-electron chi connectivity index (χ3n) is 3.84. The van der Waals surface area contributed by atoms with Crippen molar-refractivity contribution in [1.29, 1.82) is 0 Å². The average molecular weight is 397 g/mol. The number of aryl methyl sites for hydroxylation is 1. The molecule has 0 fully saturated rings. The van der Waals surface area contributed by atoms with Gasteiger partial charge in [-0.25, -0.2) is 0 Å². The summed E-state index contributed by atoms with van der Waals surface area (Å²) in [5.41, 5.74) is 1.82. The molecular formula is C19H29BrN2O2. The molecule has 0 radical (unpaired) electrons. The molecule has 0 saturated heterocycles. The molecular weight excluding hydrogens is 368 g/mol. The van der Waals surface area contributed by atoms with Crippen molar-refractivity contribution in [3.8, 4) is 0 Å². The number of amides is 2. The molecule has 0 aliphatic heterocycles. The summed E-state index contributed by atoms with van der Waals surface area (Å²) in [6, 6.07) is 8.40. The normalized spacial score (nSPS) is 12.8. The number of carbonyl (C=O) groups excluding carboxylic acids is 2. The number of nitrogens with one attached hydrogen (secondary N) is 2. The van der Waals surface area contributed by atoms with Gasteiger partial charge < -0.3 is 10.6 Å². The molecule has 2 amide bonds. The summed E-state index contributed by atoms with van der Waals surface area (Å²) >= 11 is 3.40. The van der Waals surface area contributed by atoms with Crippen molar-refractivity contribution in [3.05, 3.63) is 35.4 Å². The number of alkyl halides is 1. The zero-order valence-corrected chi connectivity index (χ0v) is 16.9. The average Bonchev–Trinajstić information content (AvgIpc) is 2.48. The Morgan fingerprint density at radius 2 is 1.75 bits per heavy atom. The monoisotopic (exact) mass is 396 g/mol. The second-order valence-corrected chi connectivity index (χ2v) is 8.32. The molecule has 24 heavy (non-hydrogen) atoms. The molecule has 0 saturated carbocycles. The van der Waals surface area contributed by atoms with E-state index >= 15 is 0 Å². The van der Waals surface area contributed by atoms with Crippen LogP contribution >= 0.6 is 15.9 Å². The van der Waals surface area contributed by atoms with E-state index in [9.17, 15) is 9.59 Å². The van der Waals surface area contributed by atoms with Crippen LogP contribution in [-0.4, -0.2) is 29.2 Å². The molecule has 1 aromatic rings. The number of benzene rings is 1. The number of carbonyl (C=O) groups is 2. The number of rotatable bonds is 8. The number of hydrogen-bond acceptors (Lipinski definition) is 2. The van der Waals surface area contributed by atoms with Crippen LogP contribution in [0.2, 0.25) is 0 Å². The van der Waals surface area contributed by atoms with Crippen LogP contribution in [0.1, 0.15) is 45.2 Å². The largest absolute Gasteiger partial charge is 0.355 e. The lowest BCUT2D eigenvalue weighted by atomic mass is 9.86. The molecule has 0 aliphatic rings. The topological polar surface area (TPSA) is 58.2 Å². The Hall–Kier alpha value is -1.36. The summed E-state index contributed by atoms with van der Waals surface area (Å²) in [5.74, 6) is -0.109. The molecule has 1 aromatic carbocycles. The predicted octanol–water partition coefficient (Wildman–Crippen LogP) is 3.36. The minimum absolute atomic E-state index is 0.0311. The van der Waals surface area contributed by atoms with Crippen molar-refractivity contribution < 1.29 is 9.59 Å². The summed E-state index contributed by atoms with van der Waals surface area (Å²) in [5, 5.41) is 5.84. The summed E-state index contributed by atoms with van der Waals surface area (Å²) in [4.78, 5) is 24.0. The quantitative estimate of drug-likeness (QED) is 0.661. The molecule has 134 valence electrons. The first-order valence-corrected chi connectivity index (χ1v) is 9.31. The Kier molecular flexibility index (Phi) is 7.94. The van der Waals surface area contributed by atoms with Crippen molar-refractivity contribution in [3.63, 3.8) is 0 Å². The van der Waals surface area contributed by atoms with Crippen LogP contribution in [0.3, 0.4) is 0 Å². The SMILES string of the molecule is Cc1ccc(CCNC(=O)C(C)(C)CC(Br)C(=O)NC(C)C)cc1. The predicted molar refractivity (Wildman–Crippen MR) is 102 cm³/mol. The van der Waals surface area contributed by atoms with Gasteiger partial charge >= 0.3 is 0 Å². The Morgan fingerprint density at radius 3 is 2.29 bits per heavy atom. The molecule has 1 unspecified atom stereocenters. The lowest BCUT2D eigenvalue weighted by Gasteiger charge is -2.26. The molecule has 0 aliphatic carbocycles. The van der Waals surface area contributed by atoms with E-state index in [2.05, 4.69) is 57.8 Å². The Labute approximate surface area is 153 Å². The summed E-state index contributed by atoms with van der Waals surface area (Å²) in [6.07, 6.45) is 1.25. The molecule has 0 aromatic heterocycles. The third-order valence-corrected chi connectivity index (χ3v) is 4.58. The van der Waals surface area contributed by atoms with E-state index < -0.39 is 5.41 Å². The maximum atomic E-state index is 12.4. The first kappa shape index (κ1) is 20.7. The highest BCUT2D eigenvalue weighted by Gasteiger charge is 2.32. The van der Waals surface area contributed by atoms with Crippen LogP contribution in [0.5, 0.6) is 0 Å². The molecule has 4 nitrogen and oxygen atoms in total. The fraction of sp³-hybridized carbons (Fsp3) is 0.579. The van der Waals surface area contributed by atoms with E-state index in [1.54, 1.807) is 0 Å². The fourth-order valence-corrected chi connectivity index (χ4v) is 3.26. The molecule has 1 rings (SSSR count). The van der Waals surface area contributed by atoms with Gasteiger partial charge in [0.25, 0.3) is 0 Å². The number of halogens is 1. The highest BCUT2D eigenvalue weighted by Crippen LogP contribution is 2.26. The smallest absolute Gasteiger partial charge is 0.234 e. The van der Waals surface area contributed by atoms with Crippen LogP contribution < -0.4 is 10.6 Å². The van der Waals surface area contributed by atoms with Gasteiger partial charge in [0.2, 0.25) is 11.8 Å². The molecule has 0 heterocycles. The second kappa shape index (κ2) is 9.21. The summed E-state index contributed by atoms with van der Waals surface area (Å²) in [7, 11) is 0. The van der Waals surface area contributed by atoms with Gasteiger partial charge in [-0.1, -0.05) is 59.6 Å². The van der Waals surface area contributed by atoms with Crippen molar-refractivity contribution in [2.45, 2.75) is 58.3 Å². The highest BCUT2D eigenvalue weighted by atomic mass is 79.9. The lowest BCUT2D eigenvalue weighted by molar-refractivity contribution is -0.130. The third kappa shape index (κ3) is 7.04. The van der Waals surface area contributed by atoms with E-state index in [1.165, 1.54) is 11.1 Å². The van der Waals surface area contributed by atoms with Gasteiger partial charge in [-0.15, -0.1) is 0 Å². The summed E-state index contributed by atoms with van der Waals surface area (Å²) < 4.78 is 0. The second-order valence-electron chi connectivity index (χ2n) is 7.21. The zero-order valence-electron chi connectivity index (χ0n) is 15.3. The Morgan fingerprint density at radius 1 is 1.17 bits per heavy atom. The van der Waals surface area contributed by atoms with E-state index in [0.29, 0.717) is 13.0 Å². The Bertz CT molecular complexity index is 553. The summed E-state index contributed by atoms with van der Waals surface area (Å²) in [6.45, 7) is 10.2. The van der Waals surface area contributed by atoms with Gasteiger partial charge in [0.05, 0.1) is 4.83 Å². The lowest BCUT2D eigenvalue weighted by Crippen LogP contribution is -2.43. The molecule has 0 spiro atoms. The van der Waals surface area contributed by atoms with Gasteiger partial charge in [-0.05, 0) is 39.2 Å². The maximum Gasteiger partial charge on any atom is 0.234 e. The van der Waals surface area contributed by atoms with Gasteiger partial charge in [-0.2, -0.15) is 0 Å². The van der Waals surface area contributed by atoms with E-state index in [-0.39, 0.29) is 22.7 Å². The van der Waals surface area contributed by atoms with Crippen molar-refractivity contribution in [1.82, 2.24) is 10.6 Å². The molecule has 5 heteroatoms.